The second kappa shape index (κ2) is 21.4. The fourth-order valence-corrected chi connectivity index (χ4v) is 13.0. The number of hydrogen-bond acceptors (Lipinski definition) is 4. The lowest BCUT2D eigenvalue weighted by Crippen LogP contribution is -2.12. The Bertz CT molecular complexity index is 4600. The third kappa shape index (κ3) is 8.79. The second-order valence-electron chi connectivity index (χ2n) is 22.0. The lowest BCUT2D eigenvalue weighted by atomic mass is 9.82. The van der Waals surface area contributed by atoms with Crippen molar-refractivity contribution in [3.8, 4) is 22.3 Å². The molecule has 86 heavy (non-hydrogen) atoms. The lowest BCUT2D eigenvalue weighted by Gasteiger charge is -2.29. The van der Waals surface area contributed by atoms with Crippen LogP contribution in [0.25, 0.3) is 76.1 Å². The van der Waals surface area contributed by atoms with Crippen molar-refractivity contribution in [2.75, 3.05) is 19.6 Å². The third-order valence-corrected chi connectivity index (χ3v) is 17.1. The fraction of sp³-hybridized carbons (Fsp3) is 0. The monoisotopic (exact) mass is 1100 g/mol. The van der Waals surface area contributed by atoms with Crippen molar-refractivity contribution in [2.45, 2.75) is 0 Å². The molecule has 0 fully saturated rings. The van der Waals surface area contributed by atoms with E-state index in [9.17, 15) is 0 Å². The first-order chi connectivity index (χ1) is 42.7. The van der Waals surface area contributed by atoms with Crippen LogP contribution in [0.1, 0.15) is 0 Å². The standard InChI is InChI=1S/C82H56N4/c1-5-23-61(24-6-1)83(62-25-7-2-8-26-62)65-43-47-69(48-44-65)85(79-33-17-21-57-19-13-15-31-71(57)79)67-39-35-59(36-40-67)73-51-52-74(82-78-56-54-76(78)75-53-55-77(75)81(73)82)60-37-41-68(42-38-60)86(80-34-18-22-58-20-14-16-32-72(58)80)70-49-45-66(46-50-70)84(63-27-9-3-10-28-63)64-29-11-4-12-30-64/h1-56H. The van der Waals surface area contributed by atoms with Gasteiger partial charge in [0.25, 0.3) is 0 Å². The Morgan fingerprint density at radius 1 is 0.151 bits per heavy atom. The van der Waals surface area contributed by atoms with Gasteiger partial charge in [0.15, 0.2) is 0 Å². The van der Waals surface area contributed by atoms with Gasteiger partial charge >= 0.3 is 0 Å². The van der Waals surface area contributed by atoms with Crippen LogP contribution in [0.3, 0.4) is 0 Å². The Kier molecular flexibility index (Phi) is 12.5. The molecule has 4 nitrogen and oxygen atoms in total. The number of hydrogen-bond donors (Lipinski definition) is 0. The van der Waals surface area contributed by atoms with Gasteiger partial charge in [0.05, 0.1) is 11.4 Å². The van der Waals surface area contributed by atoms with Crippen LogP contribution in [0.5, 0.6) is 0 Å². The van der Waals surface area contributed by atoms with Crippen LogP contribution in [-0.2, 0) is 0 Å². The van der Waals surface area contributed by atoms with Gasteiger partial charge in [0.2, 0.25) is 0 Å². The summed E-state index contributed by atoms with van der Waals surface area (Å²) >= 11 is 0. The largest absolute Gasteiger partial charge is 0.311 e. The SMILES string of the molecule is c1ccc(N(c2ccccc2)c2ccc(N(c3ccc(-c4ccc(-c5ccc(N(c6ccc(N(c7ccccc7)c7ccccc7)cc6)c6cccc7ccccc67)cc5)c5c6ccc6c6ccc6c45)cc3)c3cccc4ccccc34)cc2)cc1. The summed E-state index contributed by atoms with van der Waals surface area (Å²) in [5, 5.41) is 12.6. The van der Waals surface area contributed by atoms with E-state index in [1.54, 1.807) is 0 Å². The molecule has 404 valence electrons. The Hall–Kier alpha value is -11.5. The predicted molar refractivity (Wildman–Crippen MR) is 366 cm³/mol. The van der Waals surface area contributed by atoms with Crippen LogP contribution in [0.4, 0.5) is 68.2 Å². The number of anilines is 12. The van der Waals surface area contributed by atoms with Crippen LogP contribution in [-0.4, -0.2) is 0 Å². The van der Waals surface area contributed by atoms with Crippen molar-refractivity contribution in [2.24, 2.45) is 0 Å². The number of rotatable bonds is 14. The molecule has 0 saturated heterocycles. The van der Waals surface area contributed by atoms with E-state index in [0.29, 0.717) is 0 Å². The van der Waals surface area contributed by atoms with Gasteiger partial charge in [-0.05, 0) is 199 Å². The van der Waals surface area contributed by atoms with Crippen LogP contribution in [0, 0.1) is 0 Å². The molecule has 0 amide bonds. The summed E-state index contributed by atoms with van der Waals surface area (Å²) in [4.78, 5) is 9.43. The van der Waals surface area contributed by atoms with Gasteiger partial charge in [0, 0.05) is 67.6 Å². The molecule has 0 aliphatic rings. The van der Waals surface area contributed by atoms with Crippen molar-refractivity contribution >= 4 is 122 Å². The first kappa shape index (κ1) is 50.3. The molecule has 0 aliphatic carbocycles. The highest BCUT2D eigenvalue weighted by Crippen LogP contribution is 2.50. The first-order valence-corrected chi connectivity index (χ1v) is 29.5. The summed E-state index contributed by atoms with van der Waals surface area (Å²) in [5.41, 5.74) is 17.9. The van der Waals surface area contributed by atoms with Crippen molar-refractivity contribution < 1.29 is 0 Å². The molecule has 16 aromatic rings. The average Bonchev–Trinajstić information content (AvgIpc) is 0.987. The van der Waals surface area contributed by atoms with Crippen LogP contribution in [0.2, 0.25) is 0 Å². The zero-order valence-corrected chi connectivity index (χ0v) is 47.1. The van der Waals surface area contributed by atoms with Gasteiger partial charge in [-0.15, -0.1) is 0 Å². The van der Waals surface area contributed by atoms with E-state index in [1.165, 1.54) is 76.1 Å². The molecule has 0 radical (unpaired) electrons. The van der Waals surface area contributed by atoms with Crippen molar-refractivity contribution in [3.63, 3.8) is 0 Å². The van der Waals surface area contributed by atoms with E-state index in [1.807, 2.05) is 0 Å². The van der Waals surface area contributed by atoms with Crippen molar-refractivity contribution in [1.29, 1.82) is 0 Å². The number of benzene rings is 14. The molecule has 16 aromatic carbocycles. The molecule has 0 atom stereocenters. The molecule has 0 saturated carbocycles. The maximum atomic E-state index is 2.40. The van der Waals surface area contributed by atoms with Gasteiger partial charge in [-0.1, -0.05) is 206 Å². The summed E-state index contributed by atoms with van der Waals surface area (Å²) in [6, 6.07) is 123. The molecule has 0 unspecified atom stereocenters. The quantitative estimate of drug-likeness (QED) is 0.108. The molecule has 16 rings (SSSR count). The fourth-order valence-electron chi connectivity index (χ4n) is 13.0. The molecule has 0 aliphatic heterocycles. The summed E-state index contributed by atoms with van der Waals surface area (Å²) in [7, 11) is 0. The van der Waals surface area contributed by atoms with Crippen LogP contribution in [0.15, 0.2) is 340 Å². The normalized spacial score (nSPS) is 11.5. The molecule has 4 heteroatoms. The molecule has 0 heterocycles. The summed E-state index contributed by atoms with van der Waals surface area (Å²) in [6.45, 7) is 0. The third-order valence-electron chi connectivity index (χ3n) is 17.1. The van der Waals surface area contributed by atoms with E-state index < -0.39 is 0 Å². The Morgan fingerprint density at radius 3 is 0.721 bits per heavy atom. The maximum absolute atomic E-state index is 2.40. The molecular formula is C82H56N4. The zero-order valence-electron chi connectivity index (χ0n) is 47.1. The molecule has 0 aromatic heterocycles. The maximum Gasteiger partial charge on any atom is 0.0540 e. The van der Waals surface area contributed by atoms with E-state index >= 15 is 0 Å². The highest BCUT2D eigenvalue weighted by molar-refractivity contribution is 6.34. The molecular weight excluding hydrogens is 1040 g/mol. The minimum Gasteiger partial charge on any atom is -0.311 e. The van der Waals surface area contributed by atoms with Gasteiger partial charge in [-0.25, -0.2) is 0 Å². The predicted octanol–water partition coefficient (Wildman–Crippen LogP) is 23.5. The van der Waals surface area contributed by atoms with E-state index in [2.05, 4.69) is 359 Å². The van der Waals surface area contributed by atoms with E-state index in [0.717, 1.165) is 68.2 Å². The number of para-hydroxylation sites is 4. The number of fused-ring (bicyclic) bond motifs is 8. The molecule has 0 spiro atoms. The van der Waals surface area contributed by atoms with Gasteiger partial charge < -0.3 is 19.6 Å². The van der Waals surface area contributed by atoms with Gasteiger partial charge in [0.1, 0.15) is 0 Å². The second-order valence-corrected chi connectivity index (χ2v) is 22.0. The average molecular weight is 1100 g/mol. The van der Waals surface area contributed by atoms with E-state index in [4.69, 9.17) is 0 Å². The summed E-state index contributed by atoms with van der Waals surface area (Å²) in [6.07, 6.45) is 0. The lowest BCUT2D eigenvalue weighted by molar-refractivity contribution is 1.26. The van der Waals surface area contributed by atoms with Gasteiger partial charge in [-0.3, -0.25) is 0 Å². The summed E-state index contributed by atoms with van der Waals surface area (Å²) < 4.78 is 0. The minimum atomic E-state index is 1.07. The molecule has 0 N–H and O–H groups in total. The Morgan fingerprint density at radius 2 is 0.407 bits per heavy atom. The van der Waals surface area contributed by atoms with Crippen LogP contribution < -0.4 is 19.6 Å². The summed E-state index contributed by atoms with van der Waals surface area (Å²) in [5.74, 6) is 0. The van der Waals surface area contributed by atoms with Crippen LogP contribution >= 0.6 is 0 Å². The highest BCUT2D eigenvalue weighted by atomic mass is 15.2. The van der Waals surface area contributed by atoms with Crippen molar-refractivity contribution in [3.05, 3.63) is 340 Å². The first-order valence-electron chi connectivity index (χ1n) is 29.5. The minimum absolute atomic E-state index is 1.07. The van der Waals surface area contributed by atoms with Crippen molar-refractivity contribution in [1.82, 2.24) is 0 Å². The number of nitrogens with zero attached hydrogens (tertiary/aromatic N) is 4. The molecule has 0 bridgehead atoms. The zero-order chi connectivity index (χ0) is 56.9. The topological polar surface area (TPSA) is 13.0 Å². The van der Waals surface area contributed by atoms with Gasteiger partial charge in [-0.2, -0.15) is 0 Å². The highest BCUT2D eigenvalue weighted by Gasteiger charge is 2.24. The smallest absolute Gasteiger partial charge is 0.0540 e. The Balaban J connectivity index is 0.776. The Labute approximate surface area is 500 Å². The van der Waals surface area contributed by atoms with E-state index in [-0.39, 0.29) is 0 Å².